The van der Waals surface area contributed by atoms with Gasteiger partial charge in [-0.25, -0.2) is 0 Å². The van der Waals surface area contributed by atoms with Gasteiger partial charge in [0.25, 0.3) is 35.4 Å². The van der Waals surface area contributed by atoms with Gasteiger partial charge in [-0.2, -0.15) is 0 Å². The molecule has 28 nitrogen and oxygen atoms in total. The van der Waals surface area contributed by atoms with Crippen molar-refractivity contribution in [3.8, 4) is 0 Å². The SMILES string of the molecule is C[C@H](O)C(=O)Nc1c(I)c(C(=O)NC(CO)CO)c(I)c(C(=O)C(N)C(C(=O)c2c(I)c(NC(=O)[C@H](C)O)c(I)c(C(=O)NC(CO)CO)c2I)(C(=O)c2c(I)c(NC(=O)[C@H](C)O)c(I)c(C(=O)NC(CO)CO)c2I)N(CCN)CCN)c1I. The van der Waals surface area contributed by atoms with E-state index < -0.39 is 200 Å². The number of aliphatic hydroxyl groups is 9. The molecule has 3 aromatic rings. The van der Waals surface area contributed by atoms with Crippen molar-refractivity contribution in [1.29, 1.82) is 0 Å². The van der Waals surface area contributed by atoms with Crippen LogP contribution in [0.5, 0.6) is 0 Å². The largest absolute Gasteiger partial charge is 0.394 e. The summed E-state index contributed by atoms with van der Waals surface area (Å²) in [7, 11) is 0. The average Bonchev–Trinajstić information content (AvgIpc) is 1.87. The average molecular weight is 2200 g/mol. The molecule has 0 aliphatic heterocycles. The molecule has 0 aromatic heterocycles. The second-order valence-electron chi connectivity index (χ2n) is 18.1. The van der Waals surface area contributed by atoms with Gasteiger partial charge in [-0.3, -0.25) is 48.1 Å². The van der Waals surface area contributed by atoms with Crippen molar-refractivity contribution in [3.63, 3.8) is 0 Å². The van der Waals surface area contributed by atoms with Gasteiger partial charge >= 0.3 is 0 Å². The molecule has 0 bridgehead atoms. The van der Waals surface area contributed by atoms with Crippen molar-refractivity contribution in [2.24, 2.45) is 17.2 Å². The number of anilines is 3. The minimum Gasteiger partial charge on any atom is -0.394 e. The molecule has 21 N–H and O–H groups in total. The first kappa shape index (κ1) is 78.8. The zero-order valence-electron chi connectivity index (χ0n) is 44.4. The summed E-state index contributed by atoms with van der Waals surface area (Å²) in [6.07, 6.45) is -5.19. The van der Waals surface area contributed by atoms with Crippen molar-refractivity contribution in [2.45, 2.75) is 68.8 Å². The Morgan fingerprint density at radius 3 is 0.894 bits per heavy atom. The smallest absolute Gasteiger partial charge is 0.253 e. The van der Waals surface area contributed by atoms with Gasteiger partial charge in [0.05, 0.1) is 102 Å². The predicted octanol–water partition coefficient (Wildman–Crippen LogP) is -0.431. The lowest BCUT2D eigenvalue weighted by molar-refractivity contribution is -0.123. The van der Waals surface area contributed by atoms with Crippen LogP contribution in [0.2, 0.25) is 0 Å². The number of hydrogen-bond acceptors (Lipinski definition) is 22. The van der Waals surface area contributed by atoms with E-state index in [-0.39, 0.29) is 49.2 Å². The van der Waals surface area contributed by atoms with Gasteiger partial charge in [0.15, 0.2) is 22.9 Å². The van der Waals surface area contributed by atoms with Gasteiger partial charge in [-0.1, -0.05) is 0 Å². The molecule has 0 heterocycles. The number of ketones is 3. The van der Waals surface area contributed by atoms with E-state index in [1.54, 1.807) is 203 Å². The fraction of sp³-hybridized carbons (Fsp3) is 0.438. The molecule has 0 saturated carbocycles. The van der Waals surface area contributed by atoms with Crippen LogP contribution in [-0.2, 0) is 14.4 Å². The summed E-state index contributed by atoms with van der Waals surface area (Å²) in [5.41, 5.74) is 12.7. The molecule has 1 unspecified atom stereocenters. The van der Waals surface area contributed by atoms with Crippen LogP contribution in [-0.4, -0.2) is 217 Å². The van der Waals surface area contributed by atoms with E-state index >= 15 is 14.4 Å². The molecular formula is C48H57I9N10O18. The highest BCUT2D eigenvalue weighted by molar-refractivity contribution is 14.1. The summed E-state index contributed by atoms with van der Waals surface area (Å²) in [6, 6.07) is -6.59. The lowest BCUT2D eigenvalue weighted by Crippen LogP contribution is -2.73. The third-order valence-electron chi connectivity index (χ3n) is 12.3. The highest BCUT2D eigenvalue weighted by Crippen LogP contribution is 2.45. The van der Waals surface area contributed by atoms with Gasteiger partial charge in [0.2, 0.25) is 0 Å². The van der Waals surface area contributed by atoms with Gasteiger partial charge in [-0.15, -0.1) is 0 Å². The Bertz CT molecular complexity index is 2960. The molecule has 470 valence electrons. The van der Waals surface area contributed by atoms with E-state index in [0.717, 1.165) is 25.7 Å². The summed E-state index contributed by atoms with van der Waals surface area (Å²) >= 11 is 14.7. The topological polar surface area (TPSA) is 489 Å². The van der Waals surface area contributed by atoms with Crippen molar-refractivity contribution in [2.75, 3.05) is 81.8 Å². The number of aliphatic hydroxyl groups excluding tert-OH is 9. The first-order valence-corrected chi connectivity index (χ1v) is 34.2. The molecule has 4 atom stereocenters. The minimum absolute atomic E-state index is 0.0700. The van der Waals surface area contributed by atoms with Crippen LogP contribution in [0.1, 0.15) is 82.9 Å². The van der Waals surface area contributed by atoms with Gasteiger partial charge in [0.1, 0.15) is 24.4 Å². The highest BCUT2D eigenvalue weighted by atomic mass is 127. The lowest BCUT2D eigenvalue weighted by Gasteiger charge is -2.45. The lowest BCUT2D eigenvalue weighted by atomic mass is 9.72. The number of halogens is 9. The third kappa shape index (κ3) is 17.6. The number of nitrogens with two attached hydrogens (primary N) is 3. The fourth-order valence-corrected chi connectivity index (χ4v) is 21.1. The van der Waals surface area contributed by atoms with Gasteiger partial charge < -0.3 is 95.1 Å². The first-order valence-electron chi connectivity index (χ1n) is 24.5. The fourth-order valence-electron chi connectivity index (χ4n) is 7.81. The number of hydrogen-bond donors (Lipinski definition) is 18. The Kier molecular flexibility index (Phi) is 32.9. The van der Waals surface area contributed by atoms with Crippen LogP contribution in [0, 0.1) is 32.1 Å². The Balaban J connectivity index is 3.05. The monoisotopic (exact) mass is 2200 g/mol. The molecular weight excluding hydrogens is 2150 g/mol. The van der Waals surface area contributed by atoms with E-state index in [1.807, 2.05) is 0 Å². The number of nitrogens with one attached hydrogen (secondary N) is 6. The Morgan fingerprint density at radius 1 is 0.424 bits per heavy atom. The molecule has 0 radical (unpaired) electrons. The molecule has 3 rings (SSSR count). The first-order chi connectivity index (χ1) is 39.7. The zero-order chi connectivity index (χ0) is 65.0. The Morgan fingerprint density at radius 2 is 0.659 bits per heavy atom. The number of rotatable bonds is 30. The maximum Gasteiger partial charge on any atom is 0.253 e. The van der Waals surface area contributed by atoms with Crippen molar-refractivity contribution in [1.82, 2.24) is 20.9 Å². The number of carbonyl (C=O) groups excluding carboxylic acids is 9. The van der Waals surface area contributed by atoms with Crippen LogP contribution in [0.4, 0.5) is 17.1 Å². The zero-order valence-corrected chi connectivity index (χ0v) is 63.8. The summed E-state index contributed by atoms with van der Waals surface area (Å²) in [5.74, 6) is -10.7. The third-order valence-corrected chi connectivity index (χ3v) is 22.0. The number of benzene rings is 3. The summed E-state index contributed by atoms with van der Waals surface area (Å²) in [5, 5.41) is 106. The number of nitrogens with zero attached hydrogens (tertiary/aromatic N) is 1. The van der Waals surface area contributed by atoms with Gasteiger partial charge in [0, 0.05) is 64.3 Å². The Labute approximate surface area is 608 Å². The molecule has 37 heteroatoms. The van der Waals surface area contributed by atoms with Crippen LogP contribution in [0.15, 0.2) is 0 Å². The molecule has 0 saturated heterocycles. The van der Waals surface area contributed by atoms with Crippen molar-refractivity contribution >= 4 is 273 Å². The predicted molar refractivity (Wildman–Crippen MR) is 384 cm³/mol. The van der Waals surface area contributed by atoms with E-state index in [4.69, 9.17) is 17.2 Å². The molecule has 0 aliphatic rings. The maximum atomic E-state index is 17.2. The molecule has 6 amide bonds. The maximum absolute atomic E-state index is 17.2. The normalized spacial score (nSPS) is 13.1. The number of Topliss-reactive ketones (excluding diaryl/α,β-unsaturated/α-hetero) is 3. The summed E-state index contributed by atoms with van der Waals surface area (Å²) in [6.45, 7) is -3.53. The van der Waals surface area contributed by atoms with Crippen LogP contribution < -0.4 is 49.1 Å². The quantitative estimate of drug-likeness (QED) is 0.0229. The molecule has 0 spiro atoms. The summed E-state index contributed by atoms with van der Waals surface area (Å²) < 4.78 is -1.93. The van der Waals surface area contributed by atoms with Gasteiger partial charge in [-0.05, 0) is 224 Å². The van der Waals surface area contributed by atoms with Crippen molar-refractivity contribution < 1.29 is 89.1 Å². The highest BCUT2D eigenvalue weighted by Gasteiger charge is 2.60. The molecule has 85 heavy (non-hydrogen) atoms. The Hall–Kier alpha value is -0.460. The second-order valence-corrected chi connectivity index (χ2v) is 27.8. The number of carbonyl (C=O) groups is 9. The van der Waals surface area contributed by atoms with Crippen molar-refractivity contribution in [3.05, 3.63) is 65.5 Å². The minimum atomic E-state index is -3.36. The molecule has 0 aliphatic carbocycles. The van der Waals surface area contributed by atoms with Crippen LogP contribution in [0.3, 0.4) is 0 Å². The standard InChI is InChI=1S/C48H57I9N10O18/c1-14(74)42(80)64-35-29(52)20(26(49)23(32(35)55)45(83)61-17(8-68)9-69)38(77)39(60)48(67(6-4-58)7-5-59,40(78)21-27(50)24(46(84)62-18(10-70)11-71)33(56)36(30(21)53)65-43(81)15(2)75)41(79)22-28(51)25(47(85)63-19(12-72)13-73)34(57)37(31(22)54)66-44(82)16(3)76/h14-19,39,68-76H,4-13,58-60H2,1-3H3,(H,61,83)(H,62,84)(H,63,85)(H,64,80)(H,65,81)(H,66,82)/t14-,15-,16-,39?/m0/s1. The van der Waals surface area contributed by atoms with Crippen LogP contribution >= 0.6 is 203 Å². The second kappa shape index (κ2) is 35.5. The van der Waals surface area contributed by atoms with E-state index in [9.17, 15) is 74.7 Å². The van der Waals surface area contributed by atoms with Crippen LogP contribution in [0.25, 0.3) is 0 Å². The number of amides is 6. The molecule has 0 fully saturated rings. The summed E-state index contributed by atoms with van der Waals surface area (Å²) in [4.78, 5) is 136. The molecule has 3 aromatic carbocycles. The van der Waals surface area contributed by atoms with E-state index in [0.29, 0.717) is 0 Å². The van der Waals surface area contributed by atoms with E-state index in [2.05, 4.69) is 31.9 Å². The van der Waals surface area contributed by atoms with E-state index in [1.165, 1.54) is 0 Å².